The monoisotopic (exact) mass is 236 g/mol. The summed E-state index contributed by atoms with van der Waals surface area (Å²) in [5, 5.41) is 3.69. The lowest BCUT2D eigenvalue weighted by Gasteiger charge is -2.15. The number of nitrogens with zero attached hydrogens (tertiary/aromatic N) is 1. The molecule has 0 spiro atoms. The predicted octanol–water partition coefficient (Wildman–Crippen LogP) is 2.92. The minimum absolute atomic E-state index is 0.652. The number of hydrogen-bond acceptors (Lipinski definition) is 3. The van der Waals surface area contributed by atoms with Crippen LogP contribution in [0.5, 0.6) is 0 Å². The fourth-order valence-electron chi connectivity index (χ4n) is 2.29. The van der Waals surface area contributed by atoms with Crippen LogP contribution in [0.3, 0.4) is 0 Å². The summed E-state index contributed by atoms with van der Waals surface area (Å²) in [6.07, 6.45) is 8.28. The first-order valence-electron chi connectivity index (χ1n) is 6.40. The molecule has 0 aliphatic heterocycles. The molecule has 0 unspecified atom stereocenters. The Morgan fingerprint density at radius 2 is 2.31 bits per heavy atom. The van der Waals surface area contributed by atoms with E-state index >= 15 is 0 Å². The predicted molar refractivity (Wildman–Crippen MR) is 67.9 cm³/mol. The van der Waals surface area contributed by atoms with Gasteiger partial charge in [0.15, 0.2) is 0 Å². The molecule has 3 heteroatoms. The van der Waals surface area contributed by atoms with E-state index in [4.69, 9.17) is 0 Å². The van der Waals surface area contributed by atoms with E-state index in [1.165, 1.54) is 55.6 Å². The maximum atomic E-state index is 4.32. The molecule has 0 saturated heterocycles. The van der Waals surface area contributed by atoms with E-state index in [-0.39, 0.29) is 0 Å². The molecule has 1 heterocycles. The lowest BCUT2D eigenvalue weighted by atomic mass is 9.99. The second kappa shape index (κ2) is 4.11. The SMILES string of the molecule is Cc1ncsc1CCC1(CNC2CC2)CC1. The van der Waals surface area contributed by atoms with Crippen LogP contribution >= 0.6 is 11.3 Å². The zero-order valence-corrected chi connectivity index (χ0v) is 10.8. The highest BCUT2D eigenvalue weighted by molar-refractivity contribution is 7.09. The maximum absolute atomic E-state index is 4.32. The standard InChI is InChI=1S/C13H20N2S/c1-10-12(16-9-15-10)4-5-13(6-7-13)8-14-11-2-3-11/h9,11,14H,2-8H2,1H3. The van der Waals surface area contributed by atoms with Crippen LogP contribution in [0.2, 0.25) is 0 Å². The fraction of sp³-hybridized carbons (Fsp3) is 0.769. The van der Waals surface area contributed by atoms with Gasteiger partial charge in [0.25, 0.3) is 0 Å². The van der Waals surface area contributed by atoms with Gasteiger partial charge >= 0.3 is 0 Å². The van der Waals surface area contributed by atoms with E-state index < -0.39 is 0 Å². The molecule has 88 valence electrons. The molecule has 0 aromatic carbocycles. The van der Waals surface area contributed by atoms with Crippen molar-refractivity contribution in [3.05, 3.63) is 16.1 Å². The maximum Gasteiger partial charge on any atom is 0.0797 e. The van der Waals surface area contributed by atoms with Crippen LogP contribution in [0.25, 0.3) is 0 Å². The Morgan fingerprint density at radius 1 is 1.50 bits per heavy atom. The number of nitrogens with one attached hydrogen (secondary N) is 1. The Kier molecular flexibility index (Phi) is 2.76. The Labute approximate surface area is 101 Å². The van der Waals surface area contributed by atoms with Crippen LogP contribution in [0, 0.1) is 12.3 Å². The van der Waals surface area contributed by atoms with Gasteiger partial charge in [0, 0.05) is 17.5 Å². The van der Waals surface area contributed by atoms with E-state index in [0.717, 1.165) is 6.04 Å². The van der Waals surface area contributed by atoms with Crippen LogP contribution in [0.1, 0.15) is 42.7 Å². The van der Waals surface area contributed by atoms with Gasteiger partial charge in [-0.3, -0.25) is 0 Å². The van der Waals surface area contributed by atoms with Gasteiger partial charge in [0.1, 0.15) is 0 Å². The summed E-state index contributed by atoms with van der Waals surface area (Å²) in [6, 6.07) is 0.864. The smallest absolute Gasteiger partial charge is 0.0797 e. The molecule has 0 atom stereocenters. The Bertz CT molecular complexity index is 364. The molecule has 1 aromatic heterocycles. The number of aromatic nitrogens is 1. The first-order chi connectivity index (χ1) is 7.77. The van der Waals surface area contributed by atoms with Crippen molar-refractivity contribution >= 4 is 11.3 Å². The highest BCUT2D eigenvalue weighted by Gasteiger charge is 2.42. The number of hydrogen-bond donors (Lipinski definition) is 1. The van der Waals surface area contributed by atoms with Crippen LogP contribution in [-0.2, 0) is 6.42 Å². The van der Waals surface area contributed by atoms with E-state index in [1.54, 1.807) is 0 Å². The van der Waals surface area contributed by atoms with E-state index in [0.29, 0.717) is 5.41 Å². The summed E-state index contributed by atoms with van der Waals surface area (Å²) in [4.78, 5) is 5.82. The van der Waals surface area contributed by atoms with Gasteiger partial charge < -0.3 is 5.32 Å². The summed E-state index contributed by atoms with van der Waals surface area (Å²) in [7, 11) is 0. The molecule has 1 N–H and O–H groups in total. The van der Waals surface area contributed by atoms with Gasteiger partial charge in [-0.25, -0.2) is 4.98 Å². The quantitative estimate of drug-likeness (QED) is 0.821. The average Bonchev–Trinajstić information content (AvgIpc) is 3.17. The van der Waals surface area contributed by atoms with E-state index in [9.17, 15) is 0 Å². The van der Waals surface area contributed by atoms with Crippen molar-refractivity contribution in [1.29, 1.82) is 0 Å². The lowest BCUT2D eigenvalue weighted by molar-refractivity contribution is 0.425. The minimum atomic E-state index is 0.652. The minimum Gasteiger partial charge on any atom is -0.313 e. The molecule has 0 bridgehead atoms. The molecule has 2 aliphatic rings. The van der Waals surface area contributed by atoms with Crippen molar-refractivity contribution in [2.45, 2.75) is 51.5 Å². The van der Waals surface area contributed by atoms with Crippen molar-refractivity contribution in [3.8, 4) is 0 Å². The normalized spacial score (nSPS) is 22.3. The lowest BCUT2D eigenvalue weighted by Crippen LogP contribution is -2.26. The van der Waals surface area contributed by atoms with E-state index in [1.807, 2.05) is 16.8 Å². The largest absolute Gasteiger partial charge is 0.313 e. The second-order valence-corrected chi connectivity index (χ2v) is 6.46. The summed E-state index contributed by atoms with van der Waals surface area (Å²) >= 11 is 1.82. The molecule has 2 fully saturated rings. The zero-order valence-electron chi connectivity index (χ0n) is 9.96. The van der Waals surface area contributed by atoms with Gasteiger partial charge in [-0.1, -0.05) is 0 Å². The number of thiazole rings is 1. The summed E-state index contributed by atoms with van der Waals surface area (Å²) in [6.45, 7) is 3.39. The Balaban J connectivity index is 1.48. The van der Waals surface area contributed by atoms with Gasteiger partial charge in [0.05, 0.1) is 11.2 Å². The number of aryl methyl sites for hydroxylation is 2. The topological polar surface area (TPSA) is 24.9 Å². The van der Waals surface area contributed by atoms with Crippen LogP contribution in [0.15, 0.2) is 5.51 Å². The van der Waals surface area contributed by atoms with Crippen molar-refractivity contribution < 1.29 is 0 Å². The van der Waals surface area contributed by atoms with Crippen molar-refractivity contribution in [2.75, 3.05) is 6.54 Å². The summed E-state index contributed by atoms with van der Waals surface area (Å²) < 4.78 is 0. The van der Waals surface area contributed by atoms with Crippen molar-refractivity contribution in [1.82, 2.24) is 10.3 Å². The Morgan fingerprint density at radius 3 is 2.88 bits per heavy atom. The average molecular weight is 236 g/mol. The fourth-order valence-corrected chi connectivity index (χ4v) is 3.07. The number of rotatable bonds is 6. The van der Waals surface area contributed by atoms with Gasteiger partial charge in [-0.15, -0.1) is 11.3 Å². The van der Waals surface area contributed by atoms with Crippen LogP contribution < -0.4 is 5.32 Å². The first kappa shape index (κ1) is 10.7. The molecule has 0 amide bonds. The van der Waals surface area contributed by atoms with Gasteiger partial charge in [0.2, 0.25) is 0 Å². The third kappa shape index (κ3) is 2.46. The van der Waals surface area contributed by atoms with Crippen molar-refractivity contribution in [3.63, 3.8) is 0 Å². The second-order valence-electron chi connectivity index (χ2n) is 5.52. The molecular weight excluding hydrogens is 216 g/mol. The molecule has 3 rings (SSSR count). The third-order valence-electron chi connectivity index (χ3n) is 4.03. The van der Waals surface area contributed by atoms with Gasteiger partial charge in [-0.2, -0.15) is 0 Å². The van der Waals surface area contributed by atoms with Gasteiger partial charge in [-0.05, 0) is 50.9 Å². The summed E-state index contributed by atoms with van der Waals surface area (Å²) in [5.74, 6) is 0. The molecule has 2 aliphatic carbocycles. The van der Waals surface area contributed by atoms with Crippen LogP contribution in [-0.4, -0.2) is 17.6 Å². The molecule has 2 nitrogen and oxygen atoms in total. The Hall–Kier alpha value is -0.410. The highest BCUT2D eigenvalue weighted by atomic mass is 32.1. The first-order valence-corrected chi connectivity index (χ1v) is 7.28. The highest BCUT2D eigenvalue weighted by Crippen LogP contribution is 2.49. The molecule has 0 radical (unpaired) electrons. The van der Waals surface area contributed by atoms with Crippen LogP contribution in [0.4, 0.5) is 0 Å². The molecule has 16 heavy (non-hydrogen) atoms. The third-order valence-corrected chi connectivity index (χ3v) is 5.02. The summed E-state index contributed by atoms with van der Waals surface area (Å²) in [5.41, 5.74) is 3.88. The molecular formula is C13H20N2S. The molecule has 1 aromatic rings. The van der Waals surface area contributed by atoms with E-state index in [2.05, 4.69) is 17.2 Å². The molecule has 2 saturated carbocycles. The zero-order chi connectivity index (χ0) is 11.0. The van der Waals surface area contributed by atoms with Crippen molar-refractivity contribution in [2.24, 2.45) is 5.41 Å².